The molecule has 0 saturated carbocycles. The van der Waals surface area contributed by atoms with Crippen LogP contribution in [0.1, 0.15) is 35.2 Å². The summed E-state index contributed by atoms with van der Waals surface area (Å²) in [5.74, 6) is -5.18. The van der Waals surface area contributed by atoms with Gasteiger partial charge in [-0.1, -0.05) is 30.3 Å². The van der Waals surface area contributed by atoms with Crippen molar-refractivity contribution in [3.8, 4) is 0 Å². The van der Waals surface area contributed by atoms with Gasteiger partial charge in [-0.3, -0.25) is 4.79 Å². The highest BCUT2D eigenvalue weighted by molar-refractivity contribution is 5.77. The van der Waals surface area contributed by atoms with E-state index in [-0.39, 0.29) is 43.7 Å². The summed E-state index contributed by atoms with van der Waals surface area (Å²) in [6, 6.07) is 8.19. The fourth-order valence-corrected chi connectivity index (χ4v) is 4.25. The topological polar surface area (TPSA) is 77.0 Å². The Kier molecular flexibility index (Phi) is 6.84. The molecule has 0 spiro atoms. The minimum atomic E-state index is -4.70. The standard InChI is InChI=1S/C23H21F6N5O/c24-16-12-18(26)17(25)10-14(16)9-15(30)11-20(35)33-6-7-34-21(31-32-22(34)23(27,28)29)19(33)8-13-4-2-1-3-5-13/h1-5,10,12,15,19H,6-9,11,30H2/t15-,19-/m1/s1. The summed E-state index contributed by atoms with van der Waals surface area (Å²) in [4.78, 5) is 14.5. The number of aromatic nitrogens is 3. The summed E-state index contributed by atoms with van der Waals surface area (Å²) < 4.78 is 81.8. The molecule has 35 heavy (non-hydrogen) atoms. The highest BCUT2D eigenvalue weighted by Gasteiger charge is 2.42. The molecular weight excluding hydrogens is 476 g/mol. The average Bonchev–Trinajstić information content (AvgIpc) is 3.23. The normalized spacial score (nSPS) is 16.8. The predicted octanol–water partition coefficient (Wildman–Crippen LogP) is 3.80. The van der Waals surface area contributed by atoms with Crippen LogP contribution in [0, 0.1) is 17.5 Å². The molecule has 12 heteroatoms. The van der Waals surface area contributed by atoms with Crippen LogP contribution in [-0.2, 0) is 30.4 Å². The molecule has 0 bridgehead atoms. The zero-order chi connectivity index (χ0) is 25.3. The summed E-state index contributed by atoms with van der Waals surface area (Å²) in [5.41, 5.74) is 6.60. The van der Waals surface area contributed by atoms with Gasteiger partial charge in [0.05, 0.1) is 6.04 Å². The number of nitrogens with two attached hydrogens (primary N) is 1. The van der Waals surface area contributed by atoms with Crippen LogP contribution >= 0.6 is 0 Å². The zero-order valence-electron chi connectivity index (χ0n) is 18.3. The van der Waals surface area contributed by atoms with Crippen LogP contribution < -0.4 is 5.73 Å². The highest BCUT2D eigenvalue weighted by atomic mass is 19.4. The van der Waals surface area contributed by atoms with Gasteiger partial charge >= 0.3 is 6.18 Å². The molecular formula is C23H21F6N5O. The molecule has 6 nitrogen and oxygen atoms in total. The van der Waals surface area contributed by atoms with Crippen molar-refractivity contribution < 1.29 is 31.1 Å². The molecule has 0 radical (unpaired) electrons. The quantitative estimate of drug-likeness (QED) is 0.415. The van der Waals surface area contributed by atoms with Crippen molar-refractivity contribution in [2.45, 2.75) is 44.1 Å². The van der Waals surface area contributed by atoms with Gasteiger partial charge in [0.1, 0.15) is 5.82 Å². The van der Waals surface area contributed by atoms with Gasteiger partial charge in [-0.05, 0) is 23.6 Å². The zero-order valence-corrected chi connectivity index (χ0v) is 18.3. The fourth-order valence-electron chi connectivity index (χ4n) is 4.25. The summed E-state index contributed by atoms with van der Waals surface area (Å²) in [7, 11) is 0. The lowest BCUT2D eigenvalue weighted by Gasteiger charge is -2.36. The van der Waals surface area contributed by atoms with Crippen molar-refractivity contribution in [2.75, 3.05) is 6.54 Å². The molecule has 2 atom stereocenters. The molecule has 3 aromatic rings. The maximum Gasteiger partial charge on any atom is 0.451 e. The molecule has 186 valence electrons. The average molecular weight is 497 g/mol. The number of carbonyl (C=O) groups excluding carboxylic acids is 1. The van der Waals surface area contributed by atoms with E-state index in [1.165, 1.54) is 4.90 Å². The van der Waals surface area contributed by atoms with E-state index in [0.717, 1.165) is 10.1 Å². The Morgan fingerprint density at radius 1 is 1.03 bits per heavy atom. The molecule has 0 aliphatic carbocycles. The van der Waals surface area contributed by atoms with Gasteiger partial charge < -0.3 is 15.2 Å². The number of halogens is 6. The first kappa shape index (κ1) is 24.7. The van der Waals surface area contributed by atoms with Crippen LogP contribution in [0.2, 0.25) is 0 Å². The van der Waals surface area contributed by atoms with Crippen LogP contribution in [0.15, 0.2) is 42.5 Å². The number of fused-ring (bicyclic) bond motifs is 1. The van der Waals surface area contributed by atoms with Gasteiger partial charge in [-0.15, -0.1) is 10.2 Å². The van der Waals surface area contributed by atoms with Crippen molar-refractivity contribution in [3.05, 3.63) is 82.7 Å². The van der Waals surface area contributed by atoms with Crippen LogP contribution in [0.3, 0.4) is 0 Å². The smallest absolute Gasteiger partial charge is 0.330 e. The molecule has 4 rings (SSSR count). The molecule has 2 aromatic carbocycles. The van der Waals surface area contributed by atoms with Gasteiger partial charge in [0.25, 0.3) is 0 Å². The van der Waals surface area contributed by atoms with Crippen LogP contribution in [-0.4, -0.2) is 38.2 Å². The third kappa shape index (κ3) is 5.31. The third-order valence-corrected chi connectivity index (χ3v) is 5.87. The maximum atomic E-state index is 14.0. The molecule has 1 aromatic heterocycles. The molecule has 2 N–H and O–H groups in total. The lowest BCUT2D eigenvalue weighted by atomic mass is 9.99. The van der Waals surface area contributed by atoms with Gasteiger partial charge in [0.2, 0.25) is 11.7 Å². The van der Waals surface area contributed by atoms with Crippen molar-refractivity contribution in [2.24, 2.45) is 5.73 Å². The lowest BCUT2D eigenvalue weighted by molar-refractivity contribution is -0.148. The van der Waals surface area contributed by atoms with E-state index < -0.39 is 47.4 Å². The van der Waals surface area contributed by atoms with Gasteiger partial charge in [-0.2, -0.15) is 13.2 Å². The monoisotopic (exact) mass is 497 g/mol. The number of carbonyl (C=O) groups is 1. The van der Waals surface area contributed by atoms with E-state index in [0.29, 0.717) is 12.1 Å². The first-order valence-electron chi connectivity index (χ1n) is 10.8. The van der Waals surface area contributed by atoms with E-state index in [1.54, 1.807) is 30.3 Å². The predicted molar refractivity (Wildman–Crippen MR) is 112 cm³/mol. The number of rotatable bonds is 6. The number of amides is 1. The molecule has 1 aliphatic heterocycles. The van der Waals surface area contributed by atoms with Crippen molar-refractivity contribution in [1.82, 2.24) is 19.7 Å². The van der Waals surface area contributed by atoms with E-state index in [9.17, 15) is 31.1 Å². The van der Waals surface area contributed by atoms with E-state index in [4.69, 9.17) is 5.73 Å². The minimum absolute atomic E-state index is 0.000926. The van der Waals surface area contributed by atoms with Gasteiger partial charge in [-0.25, -0.2) is 13.2 Å². The number of benzene rings is 2. The summed E-state index contributed by atoms with van der Waals surface area (Å²) in [5, 5.41) is 7.06. The molecule has 1 aliphatic rings. The third-order valence-electron chi connectivity index (χ3n) is 5.87. The minimum Gasteiger partial charge on any atom is -0.330 e. The summed E-state index contributed by atoms with van der Waals surface area (Å²) in [6.45, 7) is -0.210. The fraction of sp³-hybridized carbons (Fsp3) is 0.348. The Bertz CT molecular complexity index is 1210. The molecule has 2 heterocycles. The van der Waals surface area contributed by atoms with Crippen molar-refractivity contribution >= 4 is 5.91 Å². The second-order valence-corrected chi connectivity index (χ2v) is 8.35. The number of hydrogen-bond acceptors (Lipinski definition) is 4. The van der Waals surface area contributed by atoms with Gasteiger partial charge in [0, 0.05) is 38.0 Å². The van der Waals surface area contributed by atoms with Gasteiger partial charge in [0.15, 0.2) is 17.5 Å². The summed E-state index contributed by atoms with van der Waals surface area (Å²) >= 11 is 0. The largest absolute Gasteiger partial charge is 0.451 e. The Hall–Kier alpha value is -3.41. The SMILES string of the molecule is N[C@@H](CC(=O)N1CCn2c(nnc2C(F)(F)F)[C@H]1Cc1ccccc1)Cc1cc(F)c(F)cc1F. The van der Waals surface area contributed by atoms with Crippen LogP contribution in [0.25, 0.3) is 0 Å². The van der Waals surface area contributed by atoms with E-state index in [2.05, 4.69) is 10.2 Å². The van der Waals surface area contributed by atoms with E-state index >= 15 is 0 Å². The second kappa shape index (κ2) is 9.68. The number of hydrogen-bond donors (Lipinski definition) is 1. The number of alkyl halides is 3. The van der Waals surface area contributed by atoms with Crippen LogP contribution in [0.4, 0.5) is 26.3 Å². The Labute approximate surface area is 196 Å². The first-order chi connectivity index (χ1) is 16.5. The number of nitrogens with zero attached hydrogens (tertiary/aromatic N) is 4. The maximum absolute atomic E-state index is 14.0. The molecule has 0 fully saturated rings. The van der Waals surface area contributed by atoms with Crippen molar-refractivity contribution in [1.29, 1.82) is 0 Å². The Balaban J connectivity index is 1.56. The Morgan fingerprint density at radius 2 is 1.71 bits per heavy atom. The molecule has 0 saturated heterocycles. The summed E-state index contributed by atoms with van der Waals surface area (Å²) in [6.07, 6.45) is -5.04. The Morgan fingerprint density at radius 3 is 2.40 bits per heavy atom. The van der Waals surface area contributed by atoms with Crippen LogP contribution in [0.5, 0.6) is 0 Å². The highest BCUT2D eigenvalue weighted by Crippen LogP contribution is 2.34. The second-order valence-electron chi connectivity index (χ2n) is 8.35. The van der Waals surface area contributed by atoms with Crippen molar-refractivity contribution in [3.63, 3.8) is 0 Å². The first-order valence-corrected chi connectivity index (χ1v) is 10.8. The molecule has 0 unspecified atom stereocenters. The van der Waals surface area contributed by atoms with E-state index in [1.807, 2.05) is 0 Å². The lowest BCUT2D eigenvalue weighted by Crippen LogP contribution is -2.45. The molecule has 1 amide bonds.